The predicted molar refractivity (Wildman–Crippen MR) is 92.7 cm³/mol. The molecule has 0 atom stereocenters. The van der Waals surface area contributed by atoms with Crippen LogP contribution in [-0.4, -0.2) is 27.0 Å². The Balaban J connectivity index is 1.56. The Labute approximate surface area is 142 Å². The number of hydrogen-bond acceptors (Lipinski definition) is 4. The Hall–Kier alpha value is -2.18. The number of rotatable bonds is 5. The predicted octanol–water partition coefficient (Wildman–Crippen LogP) is 3.21. The summed E-state index contributed by atoms with van der Waals surface area (Å²) in [6.45, 7) is 2.35. The maximum atomic E-state index is 12.1. The third kappa shape index (κ3) is 3.78. The SMILES string of the molecule is C/C(=C\c1ccc(Cl)cc1)C(=O)NCCc1csc2ncnn12. The molecule has 2 heterocycles. The second-order valence-corrected chi connectivity index (χ2v) is 6.34. The van der Waals surface area contributed by atoms with Gasteiger partial charge in [0.05, 0.1) is 5.69 Å². The van der Waals surface area contributed by atoms with Crippen LogP contribution in [0, 0.1) is 0 Å². The molecule has 0 aliphatic rings. The molecular formula is C16H15ClN4OS. The lowest BCUT2D eigenvalue weighted by atomic mass is 10.1. The molecule has 0 fully saturated rings. The van der Waals surface area contributed by atoms with Crippen molar-refractivity contribution in [2.45, 2.75) is 13.3 Å². The molecule has 1 aromatic carbocycles. The molecule has 0 unspecified atom stereocenters. The van der Waals surface area contributed by atoms with Gasteiger partial charge in [0, 0.05) is 28.9 Å². The number of halogens is 1. The van der Waals surface area contributed by atoms with Crippen molar-refractivity contribution in [2.75, 3.05) is 6.54 Å². The molecule has 0 bridgehead atoms. The lowest BCUT2D eigenvalue weighted by Gasteiger charge is -2.05. The molecule has 5 nitrogen and oxygen atoms in total. The first-order chi connectivity index (χ1) is 11.1. The fourth-order valence-corrected chi connectivity index (χ4v) is 3.12. The number of nitrogens with one attached hydrogen (secondary N) is 1. The van der Waals surface area contributed by atoms with E-state index in [1.54, 1.807) is 34.9 Å². The van der Waals surface area contributed by atoms with Crippen LogP contribution in [0.4, 0.5) is 0 Å². The van der Waals surface area contributed by atoms with Crippen LogP contribution < -0.4 is 5.32 Å². The first-order valence-electron chi connectivity index (χ1n) is 7.11. The highest BCUT2D eigenvalue weighted by Gasteiger charge is 2.07. The molecule has 7 heteroatoms. The van der Waals surface area contributed by atoms with Crippen molar-refractivity contribution in [3.63, 3.8) is 0 Å². The average Bonchev–Trinajstić information content (AvgIpc) is 3.14. The van der Waals surface area contributed by atoms with E-state index in [-0.39, 0.29) is 5.91 Å². The summed E-state index contributed by atoms with van der Waals surface area (Å²) in [4.78, 5) is 17.1. The van der Waals surface area contributed by atoms with Gasteiger partial charge in [-0.1, -0.05) is 23.7 Å². The van der Waals surface area contributed by atoms with Crippen LogP contribution in [0.25, 0.3) is 11.0 Å². The van der Waals surface area contributed by atoms with E-state index in [0.717, 1.165) is 16.2 Å². The summed E-state index contributed by atoms with van der Waals surface area (Å²) >= 11 is 7.39. The van der Waals surface area contributed by atoms with Gasteiger partial charge in [0.1, 0.15) is 6.33 Å². The normalized spacial score (nSPS) is 11.8. The molecular weight excluding hydrogens is 332 g/mol. The second-order valence-electron chi connectivity index (χ2n) is 5.07. The Morgan fingerprint density at radius 3 is 2.96 bits per heavy atom. The molecule has 0 radical (unpaired) electrons. The Morgan fingerprint density at radius 1 is 1.39 bits per heavy atom. The number of carbonyl (C=O) groups excluding carboxylic acids is 1. The minimum absolute atomic E-state index is 0.0787. The van der Waals surface area contributed by atoms with E-state index in [2.05, 4.69) is 15.4 Å². The van der Waals surface area contributed by atoms with Gasteiger partial charge in [0.2, 0.25) is 10.9 Å². The summed E-state index contributed by atoms with van der Waals surface area (Å²) in [5, 5.41) is 9.77. The minimum Gasteiger partial charge on any atom is -0.352 e. The molecule has 1 amide bonds. The monoisotopic (exact) mass is 346 g/mol. The quantitative estimate of drug-likeness (QED) is 0.722. The van der Waals surface area contributed by atoms with Gasteiger partial charge in [-0.3, -0.25) is 4.79 Å². The highest BCUT2D eigenvalue weighted by Crippen LogP contribution is 2.14. The number of carbonyl (C=O) groups is 1. The van der Waals surface area contributed by atoms with Crippen molar-refractivity contribution in [1.29, 1.82) is 0 Å². The van der Waals surface area contributed by atoms with Gasteiger partial charge < -0.3 is 5.32 Å². The molecule has 2 aromatic heterocycles. The third-order valence-corrected chi connectivity index (χ3v) is 4.50. The maximum Gasteiger partial charge on any atom is 0.246 e. The van der Waals surface area contributed by atoms with E-state index in [9.17, 15) is 4.79 Å². The van der Waals surface area contributed by atoms with Gasteiger partial charge in [-0.2, -0.15) is 5.10 Å². The fourth-order valence-electron chi connectivity index (χ4n) is 2.16. The molecule has 23 heavy (non-hydrogen) atoms. The van der Waals surface area contributed by atoms with Gasteiger partial charge in [-0.05, 0) is 30.7 Å². The molecule has 0 aliphatic heterocycles. The first kappa shape index (κ1) is 15.7. The van der Waals surface area contributed by atoms with Crippen LogP contribution in [0.15, 0.2) is 41.5 Å². The van der Waals surface area contributed by atoms with Gasteiger partial charge in [0.25, 0.3) is 0 Å². The van der Waals surface area contributed by atoms with Crippen molar-refractivity contribution in [1.82, 2.24) is 19.9 Å². The van der Waals surface area contributed by atoms with Crippen molar-refractivity contribution in [3.8, 4) is 0 Å². The van der Waals surface area contributed by atoms with Gasteiger partial charge in [-0.25, -0.2) is 9.50 Å². The molecule has 0 aliphatic carbocycles. The number of aromatic nitrogens is 3. The van der Waals surface area contributed by atoms with Gasteiger partial charge >= 0.3 is 0 Å². The second kappa shape index (κ2) is 6.93. The minimum atomic E-state index is -0.0787. The number of hydrogen-bond donors (Lipinski definition) is 1. The van der Waals surface area contributed by atoms with E-state index in [1.807, 2.05) is 23.6 Å². The summed E-state index contributed by atoms with van der Waals surface area (Å²) in [7, 11) is 0. The zero-order valence-electron chi connectivity index (χ0n) is 12.5. The Morgan fingerprint density at radius 2 is 2.17 bits per heavy atom. The molecule has 3 aromatic rings. The summed E-state index contributed by atoms with van der Waals surface area (Å²) < 4.78 is 1.80. The maximum absolute atomic E-state index is 12.1. The number of thiazole rings is 1. The topological polar surface area (TPSA) is 59.3 Å². The lowest BCUT2D eigenvalue weighted by Crippen LogP contribution is -2.26. The van der Waals surface area contributed by atoms with E-state index in [0.29, 0.717) is 23.6 Å². The van der Waals surface area contributed by atoms with Gasteiger partial charge in [0.15, 0.2) is 0 Å². The zero-order chi connectivity index (χ0) is 16.2. The van der Waals surface area contributed by atoms with Crippen LogP contribution >= 0.6 is 22.9 Å². The highest BCUT2D eigenvalue weighted by atomic mass is 35.5. The van der Waals surface area contributed by atoms with Crippen molar-refractivity contribution in [3.05, 3.63) is 57.8 Å². The van der Waals surface area contributed by atoms with Gasteiger partial charge in [-0.15, -0.1) is 11.3 Å². The summed E-state index contributed by atoms with van der Waals surface area (Å²) in [6.07, 6.45) is 4.09. The molecule has 3 rings (SSSR count). The fraction of sp³-hybridized carbons (Fsp3) is 0.188. The summed E-state index contributed by atoms with van der Waals surface area (Å²) in [5.74, 6) is -0.0787. The smallest absolute Gasteiger partial charge is 0.246 e. The standard InChI is InChI=1S/C16H15ClN4OS/c1-11(8-12-2-4-13(17)5-3-12)15(22)18-7-6-14-9-23-16-19-10-20-21(14)16/h2-5,8-10H,6-7H2,1H3,(H,18,22)/b11-8+. The number of fused-ring (bicyclic) bond motifs is 1. The summed E-state index contributed by atoms with van der Waals surface area (Å²) in [5.41, 5.74) is 2.65. The summed E-state index contributed by atoms with van der Waals surface area (Å²) in [6, 6.07) is 7.37. The van der Waals surface area contributed by atoms with Crippen molar-refractivity contribution >= 4 is 39.9 Å². The van der Waals surface area contributed by atoms with Crippen LogP contribution in [-0.2, 0) is 11.2 Å². The number of benzene rings is 1. The van der Waals surface area contributed by atoms with Crippen molar-refractivity contribution < 1.29 is 4.79 Å². The third-order valence-electron chi connectivity index (χ3n) is 3.37. The van der Waals surface area contributed by atoms with Crippen LogP contribution in [0.2, 0.25) is 5.02 Å². The lowest BCUT2D eigenvalue weighted by molar-refractivity contribution is -0.117. The van der Waals surface area contributed by atoms with Crippen molar-refractivity contribution in [2.24, 2.45) is 0 Å². The molecule has 0 saturated heterocycles. The average molecular weight is 347 g/mol. The number of nitrogens with zero attached hydrogens (tertiary/aromatic N) is 3. The Bertz CT molecular complexity index is 850. The zero-order valence-corrected chi connectivity index (χ0v) is 14.1. The van der Waals surface area contributed by atoms with Crippen LogP contribution in [0.1, 0.15) is 18.2 Å². The largest absolute Gasteiger partial charge is 0.352 e. The highest BCUT2D eigenvalue weighted by molar-refractivity contribution is 7.15. The number of amides is 1. The van der Waals surface area contributed by atoms with Crippen LogP contribution in [0.5, 0.6) is 0 Å². The molecule has 0 saturated carbocycles. The Kier molecular flexibility index (Phi) is 4.73. The molecule has 0 spiro atoms. The van der Waals surface area contributed by atoms with E-state index in [1.165, 1.54) is 6.33 Å². The molecule has 118 valence electrons. The molecule has 1 N–H and O–H groups in total. The first-order valence-corrected chi connectivity index (χ1v) is 8.37. The van der Waals surface area contributed by atoms with E-state index >= 15 is 0 Å². The van der Waals surface area contributed by atoms with Crippen LogP contribution in [0.3, 0.4) is 0 Å². The van der Waals surface area contributed by atoms with E-state index < -0.39 is 0 Å². The van der Waals surface area contributed by atoms with E-state index in [4.69, 9.17) is 11.6 Å².